The Hall–Kier alpha value is -3.38. The molecule has 0 aliphatic carbocycles. The minimum atomic E-state index is -0.880. The van der Waals surface area contributed by atoms with Crippen molar-refractivity contribution in [1.29, 1.82) is 5.41 Å². The number of halogens is 1. The van der Waals surface area contributed by atoms with Gasteiger partial charge in [-0.1, -0.05) is 36.4 Å². The molecule has 6 N–H and O–H groups in total. The topological polar surface area (TPSA) is 154 Å². The number of amidine groups is 1. The van der Waals surface area contributed by atoms with Crippen LogP contribution in [0.15, 0.2) is 71.1 Å². The number of guanidine groups is 1. The highest BCUT2D eigenvalue weighted by atomic mass is 79.9. The standard InChI is InChI=1S/C23H27BrN8O2S/c1-5-12(2)11-35-23(27-4)31-20(33)17-13(3)28-21(30-19(17)18(26)14(24)10-25)32-22-29-15-8-6-7-9-16(15)34-22/h6-11,19,25H,5,26H2,1-4H3,(H,27,31,33)(H2,28,29,30,32)/b12-11+,18-14?,25-10?. The number of aliphatic imine (C=N–C) groups is 2. The van der Waals surface area contributed by atoms with Crippen molar-refractivity contribution in [2.75, 3.05) is 12.4 Å². The number of carbonyl (C=O) groups is 1. The zero-order valence-corrected chi connectivity index (χ0v) is 22.2. The van der Waals surface area contributed by atoms with Crippen molar-refractivity contribution in [2.45, 2.75) is 33.2 Å². The average molecular weight is 559 g/mol. The molecule has 1 aromatic heterocycles. The second kappa shape index (κ2) is 11.8. The Labute approximate surface area is 216 Å². The van der Waals surface area contributed by atoms with Crippen molar-refractivity contribution < 1.29 is 9.21 Å². The molecule has 0 fully saturated rings. The van der Waals surface area contributed by atoms with Gasteiger partial charge in [0.05, 0.1) is 15.8 Å². The number of amides is 1. The smallest absolute Gasteiger partial charge is 0.302 e. The maximum Gasteiger partial charge on any atom is 0.302 e. The Morgan fingerprint density at radius 2 is 2.17 bits per heavy atom. The molecule has 10 nitrogen and oxygen atoms in total. The molecule has 3 rings (SSSR count). The van der Waals surface area contributed by atoms with E-state index in [1.807, 2.05) is 36.6 Å². The van der Waals surface area contributed by atoms with Gasteiger partial charge in [0, 0.05) is 19.0 Å². The monoisotopic (exact) mass is 558 g/mol. The zero-order chi connectivity index (χ0) is 25.5. The lowest BCUT2D eigenvalue weighted by Crippen LogP contribution is -2.44. The lowest BCUT2D eigenvalue weighted by atomic mass is 10.00. The van der Waals surface area contributed by atoms with Gasteiger partial charge < -0.3 is 26.2 Å². The fourth-order valence-corrected chi connectivity index (χ4v) is 4.00. The molecular formula is C23H27BrN8O2S. The number of thioether (sulfide) groups is 1. The molecule has 2 heterocycles. The van der Waals surface area contributed by atoms with E-state index >= 15 is 0 Å². The Kier molecular flexibility index (Phi) is 8.88. The minimum Gasteiger partial charge on any atom is -0.423 e. The number of nitrogens with one attached hydrogen (secondary N) is 4. The Bertz CT molecular complexity index is 1260. The van der Waals surface area contributed by atoms with Crippen LogP contribution in [-0.2, 0) is 4.79 Å². The predicted octanol–water partition coefficient (Wildman–Crippen LogP) is 4.21. The van der Waals surface area contributed by atoms with E-state index in [0.717, 1.165) is 12.6 Å². The maximum atomic E-state index is 13.3. The number of nitrogens with two attached hydrogens (primary N) is 1. The molecule has 35 heavy (non-hydrogen) atoms. The summed E-state index contributed by atoms with van der Waals surface area (Å²) < 4.78 is 6.03. The quantitative estimate of drug-likeness (QED) is 0.263. The molecule has 12 heteroatoms. The molecule has 0 saturated carbocycles. The van der Waals surface area contributed by atoms with E-state index in [9.17, 15) is 4.79 Å². The first kappa shape index (κ1) is 26.2. The van der Waals surface area contributed by atoms with Crippen molar-refractivity contribution in [1.82, 2.24) is 15.6 Å². The van der Waals surface area contributed by atoms with Gasteiger partial charge >= 0.3 is 6.01 Å². The van der Waals surface area contributed by atoms with Crippen LogP contribution in [0, 0.1) is 5.41 Å². The van der Waals surface area contributed by atoms with Crippen LogP contribution in [0.4, 0.5) is 6.01 Å². The van der Waals surface area contributed by atoms with Crippen LogP contribution < -0.4 is 21.7 Å². The summed E-state index contributed by atoms with van der Waals surface area (Å²) in [6.45, 7) is 5.81. The van der Waals surface area contributed by atoms with E-state index in [-0.39, 0.29) is 11.7 Å². The Balaban J connectivity index is 1.90. The van der Waals surface area contributed by atoms with Gasteiger partial charge in [-0.25, -0.2) is 4.99 Å². The van der Waals surface area contributed by atoms with E-state index in [0.29, 0.717) is 38.0 Å². The van der Waals surface area contributed by atoms with Crippen molar-refractivity contribution in [3.05, 3.63) is 56.7 Å². The molecule has 1 aliphatic heterocycles. The van der Waals surface area contributed by atoms with Gasteiger partial charge in [0.1, 0.15) is 11.6 Å². The van der Waals surface area contributed by atoms with Gasteiger partial charge in [0.25, 0.3) is 5.91 Å². The fourth-order valence-electron chi connectivity index (χ4n) is 3.04. The summed E-state index contributed by atoms with van der Waals surface area (Å²) >= 11 is 4.61. The molecule has 0 saturated heterocycles. The number of hydrogen-bond donors (Lipinski definition) is 5. The van der Waals surface area contributed by atoms with E-state index in [1.54, 1.807) is 14.0 Å². The Morgan fingerprint density at radius 1 is 1.43 bits per heavy atom. The number of benzene rings is 1. The molecular weight excluding hydrogens is 532 g/mol. The third-order valence-corrected chi connectivity index (χ3v) is 6.77. The normalized spacial score (nSPS) is 17.5. The van der Waals surface area contributed by atoms with Gasteiger partial charge in [-0.3, -0.25) is 15.1 Å². The number of hydrogen-bond acceptors (Lipinski definition) is 10. The number of allylic oxidation sites excluding steroid dienone is 3. The van der Waals surface area contributed by atoms with E-state index < -0.39 is 11.9 Å². The highest BCUT2D eigenvalue weighted by Gasteiger charge is 2.31. The summed E-state index contributed by atoms with van der Waals surface area (Å²) in [7, 11) is 1.61. The second-order valence-electron chi connectivity index (χ2n) is 7.52. The van der Waals surface area contributed by atoms with Crippen molar-refractivity contribution in [3.8, 4) is 0 Å². The van der Waals surface area contributed by atoms with Gasteiger partial charge in [0.2, 0.25) is 5.96 Å². The van der Waals surface area contributed by atoms with E-state index in [4.69, 9.17) is 15.6 Å². The maximum absolute atomic E-state index is 13.3. The van der Waals surface area contributed by atoms with Gasteiger partial charge in [-0.05, 0) is 53.7 Å². The lowest BCUT2D eigenvalue weighted by molar-refractivity contribution is -0.116. The number of carbonyl (C=O) groups excluding carboxylic acids is 1. The van der Waals surface area contributed by atoms with Crippen LogP contribution in [-0.4, -0.2) is 41.3 Å². The highest BCUT2D eigenvalue weighted by Crippen LogP contribution is 2.25. The van der Waals surface area contributed by atoms with Crippen molar-refractivity contribution >= 4 is 68.1 Å². The van der Waals surface area contributed by atoms with Crippen molar-refractivity contribution in [3.63, 3.8) is 0 Å². The molecule has 1 aliphatic rings. The summed E-state index contributed by atoms with van der Waals surface area (Å²) in [6, 6.07) is 6.72. The third kappa shape index (κ3) is 6.40. The molecule has 1 unspecified atom stereocenters. The molecule has 0 bridgehead atoms. The van der Waals surface area contributed by atoms with Crippen LogP contribution in [0.25, 0.3) is 11.1 Å². The highest BCUT2D eigenvalue weighted by molar-refractivity contribution is 9.12. The summed E-state index contributed by atoms with van der Waals surface area (Å²) in [5, 5.41) is 18.9. The number of nitrogens with zero attached hydrogens (tertiary/aromatic N) is 3. The molecule has 1 atom stereocenters. The van der Waals surface area contributed by atoms with Gasteiger partial charge in [-0.15, -0.1) is 0 Å². The second-order valence-corrected chi connectivity index (χ2v) is 9.23. The molecule has 1 aromatic carbocycles. The summed E-state index contributed by atoms with van der Waals surface area (Å²) in [4.78, 5) is 26.5. The SMILES string of the molecule is CC/C(C)=C/SC(=NC)NC(=O)C1=C(C)NC(Nc2nc3ccccc3o2)=NC1C(N)=C(Br)C=N. The Morgan fingerprint density at radius 3 is 2.83 bits per heavy atom. The van der Waals surface area contributed by atoms with Crippen LogP contribution in [0.2, 0.25) is 0 Å². The van der Waals surface area contributed by atoms with Crippen molar-refractivity contribution in [2.24, 2.45) is 15.7 Å². The number of para-hydroxylation sites is 2. The number of aromatic nitrogens is 1. The summed E-state index contributed by atoms with van der Waals surface area (Å²) in [6.07, 6.45) is 1.95. The number of oxazole rings is 1. The fraction of sp³-hybridized carbons (Fsp3) is 0.261. The first-order valence-electron chi connectivity index (χ1n) is 10.7. The summed E-state index contributed by atoms with van der Waals surface area (Å²) in [5.74, 6) is -0.113. The first-order valence-corrected chi connectivity index (χ1v) is 12.4. The first-order chi connectivity index (χ1) is 16.8. The average Bonchev–Trinajstić information content (AvgIpc) is 3.26. The molecule has 2 aromatic rings. The lowest BCUT2D eigenvalue weighted by Gasteiger charge is -2.26. The van der Waals surface area contributed by atoms with Crippen LogP contribution in [0.5, 0.6) is 0 Å². The van der Waals surface area contributed by atoms with E-state index in [2.05, 4.69) is 53.8 Å². The molecule has 184 valence electrons. The molecule has 1 amide bonds. The molecule has 0 spiro atoms. The molecule has 0 radical (unpaired) electrons. The van der Waals surface area contributed by atoms with Crippen LogP contribution >= 0.6 is 27.7 Å². The zero-order valence-electron chi connectivity index (χ0n) is 19.8. The van der Waals surface area contributed by atoms with Crippen LogP contribution in [0.1, 0.15) is 27.2 Å². The number of fused-ring (bicyclic) bond motifs is 1. The summed E-state index contributed by atoms with van der Waals surface area (Å²) in [5.41, 5.74) is 9.81. The number of rotatable bonds is 6. The predicted molar refractivity (Wildman–Crippen MR) is 147 cm³/mol. The third-order valence-electron chi connectivity index (χ3n) is 5.06. The minimum absolute atomic E-state index is 0.201. The van der Waals surface area contributed by atoms with E-state index in [1.165, 1.54) is 17.3 Å². The van der Waals surface area contributed by atoms with Gasteiger partial charge in [0.15, 0.2) is 10.8 Å². The number of anilines is 1. The van der Waals surface area contributed by atoms with Crippen LogP contribution in [0.3, 0.4) is 0 Å². The largest absolute Gasteiger partial charge is 0.423 e. The van der Waals surface area contributed by atoms with Gasteiger partial charge in [-0.2, -0.15) is 4.98 Å².